The van der Waals surface area contributed by atoms with Gasteiger partial charge in [-0.1, -0.05) is 12.1 Å². The van der Waals surface area contributed by atoms with E-state index >= 15 is 0 Å². The SMILES string of the molecule is O=C(O)c1ccnc(Oc2ccccc2F)c1. The third kappa shape index (κ3) is 2.57. The lowest BCUT2D eigenvalue weighted by Gasteiger charge is -2.05. The van der Waals surface area contributed by atoms with E-state index in [9.17, 15) is 9.18 Å². The minimum Gasteiger partial charge on any atom is -0.478 e. The standard InChI is InChI=1S/C12H8FNO3/c13-9-3-1-2-4-10(9)17-11-7-8(12(15)16)5-6-14-11/h1-7H,(H,15,16). The minimum atomic E-state index is -1.09. The Morgan fingerprint density at radius 3 is 2.76 bits per heavy atom. The van der Waals surface area contributed by atoms with Crippen LogP contribution in [0.15, 0.2) is 42.6 Å². The summed E-state index contributed by atoms with van der Waals surface area (Å²) in [5.41, 5.74) is 0.0336. The lowest BCUT2D eigenvalue weighted by atomic mass is 10.3. The number of carboxylic acids is 1. The first-order chi connectivity index (χ1) is 8.16. The number of pyridine rings is 1. The van der Waals surface area contributed by atoms with Crippen LogP contribution in [-0.4, -0.2) is 16.1 Å². The van der Waals surface area contributed by atoms with Crippen molar-refractivity contribution in [3.8, 4) is 11.6 Å². The van der Waals surface area contributed by atoms with Gasteiger partial charge in [-0.25, -0.2) is 14.2 Å². The van der Waals surface area contributed by atoms with Crippen molar-refractivity contribution >= 4 is 5.97 Å². The van der Waals surface area contributed by atoms with Gasteiger partial charge < -0.3 is 9.84 Å². The zero-order valence-corrected chi connectivity index (χ0v) is 8.63. The predicted octanol–water partition coefficient (Wildman–Crippen LogP) is 2.71. The van der Waals surface area contributed by atoms with Gasteiger partial charge >= 0.3 is 5.97 Å². The van der Waals surface area contributed by atoms with Gasteiger partial charge in [0, 0.05) is 12.3 Å². The number of aromatic carboxylic acids is 1. The van der Waals surface area contributed by atoms with Crippen molar-refractivity contribution < 1.29 is 19.0 Å². The summed E-state index contributed by atoms with van der Waals surface area (Å²) >= 11 is 0. The molecule has 5 heteroatoms. The summed E-state index contributed by atoms with van der Waals surface area (Å²) in [6.45, 7) is 0. The van der Waals surface area contributed by atoms with Crippen molar-refractivity contribution in [3.05, 3.63) is 54.0 Å². The summed E-state index contributed by atoms with van der Waals surface area (Å²) < 4.78 is 18.4. The molecule has 1 aromatic heterocycles. The van der Waals surface area contributed by atoms with Crippen LogP contribution >= 0.6 is 0 Å². The number of benzene rings is 1. The molecule has 2 aromatic rings. The maximum atomic E-state index is 13.3. The first-order valence-corrected chi connectivity index (χ1v) is 4.78. The number of para-hydroxylation sites is 1. The quantitative estimate of drug-likeness (QED) is 0.885. The number of hydrogen-bond acceptors (Lipinski definition) is 3. The van der Waals surface area contributed by atoms with Gasteiger partial charge in [0.05, 0.1) is 5.56 Å². The Morgan fingerprint density at radius 2 is 2.06 bits per heavy atom. The number of carbonyl (C=O) groups is 1. The van der Waals surface area contributed by atoms with Crippen molar-refractivity contribution in [2.75, 3.05) is 0 Å². The van der Waals surface area contributed by atoms with Crippen molar-refractivity contribution in [3.63, 3.8) is 0 Å². The normalized spacial score (nSPS) is 9.94. The average Bonchev–Trinajstić information content (AvgIpc) is 2.32. The van der Waals surface area contributed by atoms with Crippen LogP contribution < -0.4 is 4.74 Å². The Bertz CT molecular complexity index is 557. The Morgan fingerprint density at radius 1 is 1.29 bits per heavy atom. The fraction of sp³-hybridized carbons (Fsp3) is 0. The second-order valence-corrected chi connectivity index (χ2v) is 3.22. The van der Waals surface area contributed by atoms with Crippen LogP contribution in [-0.2, 0) is 0 Å². The first kappa shape index (κ1) is 11.1. The molecule has 17 heavy (non-hydrogen) atoms. The molecule has 0 aliphatic heterocycles. The van der Waals surface area contributed by atoms with Crippen LogP contribution in [0.2, 0.25) is 0 Å². The highest BCUT2D eigenvalue weighted by Crippen LogP contribution is 2.22. The summed E-state index contributed by atoms with van der Waals surface area (Å²) in [5, 5.41) is 8.77. The van der Waals surface area contributed by atoms with E-state index in [1.807, 2.05) is 0 Å². The van der Waals surface area contributed by atoms with Gasteiger partial charge in [0.15, 0.2) is 11.6 Å². The number of ether oxygens (including phenoxy) is 1. The summed E-state index contributed by atoms with van der Waals surface area (Å²) in [6.07, 6.45) is 1.29. The van der Waals surface area contributed by atoms with Crippen molar-refractivity contribution in [2.45, 2.75) is 0 Å². The van der Waals surface area contributed by atoms with E-state index in [1.165, 1.54) is 36.5 Å². The predicted molar refractivity (Wildman–Crippen MR) is 57.7 cm³/mol. The molecule has 1 aromatic carbocycles. The van der Waals surface area contributed by atoms with Gasteiger partial charge in [0.2, 0.25) is 5.88 Å². The van der Waals surface area contributed by atoms with Gasteiger partial charge in [-0.3, -0.25) is 0 Å². The van der Waals surface area contributed by atoms with E-state index in [-0.39, 0.29) is 17.2 Å². The summed E-state index contributed by atoms with van der Waals surface area (Å²) in [5.74, 6) is -1.58. The summed E-state index contributed by atoms with van der Waals surface area (Å²) in [6, 6.07) is 8.38. The van der Waals surface area contributed by atoms with Crippen molar-refractivity contribution in [1.82, 2.24) is 4.98 Å². The van der Waals surface area contributed by atoms with Gasteiger partial charge in [-0.05, 0) is 18.2 Å². The molecule has 1 heterocycles. The van der Waals surface area contributed by atoms with Crippen LogP contribution in [0, 0.1) is 5.82 Å². The van der Waals surface area contributed by atoms with E-state index in [0.717, 1.165) is 0 Å². The smallest absolute Gasteiger partial charge is 0.335 e. The highest BCUT2D eigenvalue weighted by molar-refractivity contribution is 5.87. The molecule has 1 N–H and O–H groups in total. The lowest BCUT2D eigenvalue weighted by Crippen LogP contribution is -1.98. The van der Waals surface area contributed by atoms with E-state index in [2.05, 4.69) is 4.98 Å². The van der Waals surface area contributed by atoms with Gasteiger partial charge in [-0.2, -0.15) is 0 Å². The number of carboxylic acid groups (broad SMARTS) is 1. The third-order valence-electron chi connectivity index (χ3n) is 2.03. The second-order valence-electron chi connectivity index (χ2n) is 3.22. The fourth-order valence-electron chi connectivity index (χ4n) is 1.24. The number of hydrogen-bond donors (Lipinski definition) is 1. The van der Waals surface area contributed by atoms with Gasteiger partial charge in [0.1, 0.15) is 0 Å². The number of rotatable bonds is 3. The van der Waals surface area contributed by atoms with Crippen LogP contribution in [0.4, 0.5) is 4.39 Å². The Kier molecular flexibility index (Phi) is 3.00. The maximum Gasteiger partial charge on any atom is 0.335 e. The van der Waals surface area contributed by atoms with E-state index in [4.69, 9.17) is 9.84 Å². The lowest BCUT2D eigenvalue weighted by molar-refractivity contribution is 0.0696. The molecular formula is C12H8FNO3. The van der Waals surface area contributed by atoms with Crippen molar-refractivity contribution in [2.24, 2.45) is 0 Å². The van der Waals surface area contributed by atoms with E-state index in [0.29, 0.717) is 0 Å². The number of aromatic nitrogens is 1. The molecule has 0 aliphatic carbocycles. The van der Waals surface area contributed by atoms with Gasteiger partial charge in [0.25, 0.3) is 0 Å². The Labute approximate surface area is 96.3 Å². The number of halogens is 1. The first-order valence-electron chi connectivity index (χ1n) is 4.78. The fourth-order valence-corrected chi connectivity index (χ4v) is 1.24. The molecule has 0 radical (unpaired) electrons. The Hall–Kier alpha value is -2.43. The highest BCUT2D eigenvalue weighted by Gasteiger charge is 2.07. The highest BCUT2D eigenvalue weighted by atomic mass is 19.1. The van der Waals surface area contributed by atoms with Crippen LogP contribution in [0.25, 0.3) is 0 Å². The molecule has 0 fully saturated rings. The largest absolute Gasteiger partial charge is 0.478 e. The molecule has 0 saturated carbocycles. The van der Waals surface area contributed by atoms with Crippen LogP contribution in [0.1, 0.15) is 10.4 Å². The number of nitrogens with zero attached hydrogens (tertiary/aromatic N) is 1. The molecule has 0 saturated heterocycles. The molecule has 2 rings (SSSR count). The molecule has 0 bridgehead atoms. The van der Waals surface area contributed by atoms with Crippen LogP contribution in [0.5, 0.6) is 11.6 Å². The van der Waals surface area contributed by atoms with Crippen molar-refractivity contribution in [1.29, 1.82) is 0 Å². The molecule has 0 atom stereocenters. The zero-order chi connectivity index (χ0) is 12.3. The minimum absolute atomic E-state index is 0.00235. The van der Waals surface area contributed by atoms with E-state index in [1.54, 1.807) is 6.07 Å². The summed E-state index contributed by atoms with van der Waals surface area (Å²) in [4.78, 5) is 14.5. The van der Waals surface area contributed by atoms with Gasteiger partial charge in [-0.15, -0.1) is 0 Å². The molecule has 0 aliphatic rings. The zero-order valence-electron chi connectivity index (χ0n) is 8.63. The maximum absolute atomic E-state index is 13.3. The topological polar surface area (TPSA) is 59.4 Å². The summed E-state index contributed by atoms with van der Waals surface area (Å²) in [7, 11) is 0. The molecule has 0 spiro atoms. The molecule has 4 nitrogen and oxygen atoms in total. The molecular weight excluding hydrogens is 225 g/mol. The van der Waals surface area contributed by atoms with Crippen LogP contribution in [0.3, 0.4) is 0 Å². The molecule has 0 unspecified atom stereocenters. The third-order valence-corrected chi connectivity index (χ3v) is 2.03. The second kappa shape index (κ2) is 4.61. The van der Waals surface area contributed by atoms with E-state index < -0.39 is 11.8 Å². The average molecular weight is 233 g/mol. The monoisotopic (exact) mass is 233 g/mol. The molecule has 0 amide bonds. The Balaban J connectivity index is 2.28. The molecule has 86 valence electrons.